The minimum absolute atomic E-state index is 0.203. The molecule has 1 heterocycles. The lowest BCUT2D eigenvalue weighted by Gasteiger charge is -2.26. The van der Waals surface area contributed by atoms with Crippen LogP contribution in [0.4, 0.5) is 0 Å². The Kier molecular flexibility index (Phi) is 5.52. The zero-order valence-electron chi connectivity index (χ0n) is 10.3. The van der Waals surface area contributed by atoms with Crippen molar-refractivity contribution < 1.29 is 9.15 Å². The Morgan fingerprint density at radius 3 is 2.75 bits per heavy atom. The van der Waals surface area contributed by atoms with Crippen LogP contribution in [0.2, 0.25) is 0 Å². The van der Waals surface area contributed by atoms with Crippen molar-refractivity contribution in [3.63, 3.8) is 0 Å². The van der Waals surface area contributed by atoms with E-state index in [2.05, 4.69) is 4.90 Å². The fraction of sp³-hybridized carbons (Fsp3) is 0.667. The maximum absolute atomic E-state index is 5.77. The van der Waals surface area contributed by atoms with E-state index >= 15 is 0 Å². The summed E-state index contributed by atoms with van der Waals surface area (Å²) in [6.07, 6.45) is 3.70. The van der Waals surface area contributed by atoms with Gasteiger partial charge in [-0.05, 0) is 27.0 Å². The molecule has 0 saturated heterocycles. The second-order valence-corrected chi connectivity index (χ2v) is 4.21. The van der Waals surface area contributed by atoms with Gasteiger partial charge in [0.2, 0.25) is 0 Å². The quantitative estimate of drug-likeness (QED) is 0.768. The lowest BCUT2D eigenvalue weighted by atomic mass is 10.1. The number of nitrogens with zero attached hydrogens (tertiary/aromatic N) is 1. The van der Waals surface area contributed by atoms with Crippen LogP contribution in [0.15, 0.2) is 23.0 Å². The van der Waals surface area contributed by atoms with E-state index in [1.165, 1.54) is 0 Å². The average Bonchev–Trinajstić information content (AvgIpc) is 2.71. The molecule has 0 saturated carbocycles. The predicted molar refractivity (Wildman–Crippen MR) is 64.2 cm³/mol. The molecule has 92 valence electrons. The highest BCUT2D eigenvalue weighted by molar-refractivity contribution is 5.12. The first-order valence-corrected chi connectivity index (χ1v) is 5.69. The van der Waals surface area contributed by atoms with E-state index in [1.807, 2.05) is 27.0 Å². The first-order chi connectivity index (χ1) is 7.65. The van der Waals surface area contributed by atoms with Crippen molar-refractivity contribution >= 4 is 0 Å². The Bertz CT molecular complexity index is 273. The summed E-state index contributed by atoms with van der Waals surface area (Å²) < 4.78 is 10.6. The van der Waals surface area contributed by atoms with Crippen LogP contribution in [0.3, 0.4) is 0 Å². The van der Waals surface area contributed by atoms with Gasteiger partial charge in [0.15, 0.2) is 0 Å². The van der Waals surface area contributed by atoms with Crippen molar-refractivity contribution in [2.75, 3.05) is 26.7 Å². The van der Waals surface area contributed by atoms with Gasteiger partial charge >= 0.3 is 0 Å². The number of likely N-dealkylation sites (N-methyl/N-ethyl adjacent to an activating group) is 1. The maximum Gasteiger partial charge on any atom is 0.0950 e. The van der Waals surface area contributed by atoms with Gasteiger partial charge in [-0.2, -0.15) is 0 Å². The molecule has 0 bridgehead atoms. The second-order valence-electron chi connectivity index (χ2n) is 4.21. The smallest absolute Gasteiger partial charge is 0.0950 e. The normalized spacial score (nSPS) is 13.6. The first kappa shape index (κ1) is 13.2. The third-order valence-electron chi connectivity index (χ3n) is 2.58. The number of hydrogen-bond acceptors (Lipinski definition) is 4. The van der Waals surface area contributed by atoms with Crippen LogP contribution in [-0.4, -0.2) is 37.7 Å². The summed E-state index contributed by atoms with van der Waals surface area (Å²) in [5, 5.41) is 0. The fourth-order valence-electron chi connectivity index (χ4n) is 1.62. The van der Waals surface area contributed by atoms with Crippen LogP contribution >= 0.6 is 0 Å². The van der Waals surface area contributed by atoms with Crippen molar-refractivity contribution in [1.82, 2.24) is 4.90 Å². The number of rotatable bonds is 7. The van der Waals surface area contributed by atoms with Crippen LogP contribution in [0.1, 0.15) is 25.5 Å². The van der Waals surface area contributed by atoms with Crippen molar-refractivity contribution in [3.8, 4) is 0 Å². The topological polar surface area (TPSA) is 51.6 Å². The molecule has 1 aromatic rings. The lowest BCUT2D eigenvalue weighted by molar-refractivity contribution is 0.0564. The fourth-order valence-corrected chi connectivity index (χ4v) is 1.62. The summed E-state index contributed by atoms with van der Waals surface area (Å²) in [5.74, 6) is 0. The van der Waals surface area contributed by atoms with Crippen LogP contribution in [-0.2, 0) is 4.74 Å². The molecular formula is C12H22N2O2. The Labute approximate surface area is 97.4 Å². The molecule has 16 heavy (non-hydrogen) atoms. The molecule has 4 heteroatoms. The third-order valence-corrected chi connectivity index (χ3v) is 2.58. The Balaban J connectivity index is 2.41. The summed E-state index contributed by atoms with van der Waals surface area (Å²) in [4.78, 5) is 2.19. The van der Waals surface area contributed by atoms with Crippen molar-refractivity contribution in [1.29, 1.82) is 0 Å². The SMILES string of the molecule is CC(C)OCCN(C)C(CN)c1ccoc1. The molecule has 1 unspecified atom stereocenters. The zero-order valence-corrected chi connectivity index (χ0v) is 10.3. The van der Waals surface area contributed by atoms with Crippen LogP contribution in [0, 0.1) is 0 Å². The van der Waals surface area contributed by atoms with Crippen molar-refractivity contribution in [3.05, 3.63) is 24.2 Å². The molecule has 0 aliphatic heterocycles. The molecule has 0 aromatic carbocycles. The van der Waals surface area contributed by atoms with E-state index in [1.54, 1.807) is 12.5 Å². The molecule has 0 radical (unpaired) electrons. The highest BCUT2D eigenvalue weighted by Crippen LogP contribution is 2.18. The van der Waals surface area contributed by atoms with E-state index in [0.717, 1.165) is 18.7 Å². The largest absolute Gasteiger partial charge is 0.472 e. The molecule has 1 aromatic heterocycles. The Morgan fingerprint density at radius 1 is 1.50 bits per heavy atom. The van der Waals surface area contributed by atoms with Gasteiger partial charge in [-0.3, -0.25) is 4.90 Å². The highest BCUT2D eigenvalue weighted by Gasteiger charge is 2.16. The predicted octanol–water partition coefficient (Wildman–Crippen LogP) is 1.64. The molecule has 4 nitrogen and oxygen atoms in total. The van der Waals surface area contributed by atoms with E-state index in [-0.39, 0.29) is 12.1 Å². The minimum atomic E-state index is 0.203. The molecule has 1 atom stereocenters. The molecular weight excluding hydrogens is 204 g/mol. The molecule has 1 rings (SSSR count). The highest BCUT2D eigenvalue weighted by atomic mass is 16.5. The number of ether oxygens (including phenoxy) is 1. The van der Waals surface area contributed by atoms with Gasteiger partial charge < -0.3 is 14.9 Å². The lowest BCUT2D eigenvalue weighted by Crippen LogP contribution is -2.33. The van der Waals surface area contributed by atoms with Crippen molar-refractivity contribution in [2.45, 2.75) is 26.0 Å². The van der Waals surface area contributed by atoms with E-state index < -0.39 is 0 Å². The average molecular weight is 226 g/mol. The van der Waals surface area contributed by atoms with E-state index in [0.29, 0.717) is 6.54 Å². The molecule has 0 amide bonds. The first-order valence-electron chi connectivity index (χ1n) is 5.69. The summed E-state index contributed by atoms with van der Waals surface area (Å²) in [6, 6.07) is 2.16. The number of nitrogens with two attached hydrogens (primary N) is 1. The molecule has 0 aliphatic rings. The van der Waals surface area contributed by atoms with Gasteiger partial charge in [0.1, 0.15) is 0 Å². The van der Waals surface area contributed by atoms with E-state index in [9.17, 15) is 0 Å². The van der Waals surface area contributed by atoms with Crippen molar-refractivity contribution in [2.24, 2.45) is 5.73 Å². The Hall–Kier alpha value is -0.840. The molecule has 2 N–H and O–H groups in total. The van der Waals surface area contributed by atoms with Gasteiger partial charge in [0, 0.05) is 24.7 Å². The summed E-state index contributed by atoms with van der Waals surface area (Å²) in [5.41, 5.74) is 6.89. The maximum atomic E-state index is 5.77. The number of furan rings is 1. The van der Waals surface area contributed by atoms with Gasteiger partial charge in [-0.1, -0.05) is 0 Å². The minimum Gasteiger partial charge on any atom is -0.472 e. The molecule has 0 aliphatic carbocycles. The van der Waals surface area contributed by atoms with Crippen LogP contribution < -0.4 is 5.73 Å². The zero-order chi connectivity index (χ0) is 12.0. The summed E-state index contributed by atoms with van der Waals surface area (Å²) >= 11 is 0. The van der Waals surface area contributed by atoms with E-state index in [4.69, 9.17) is 14.9 Å². The van der Waals surface area contributed by atoms with Gasteiger partial charge in [-0.15, -0.1) is 0 Å². The monoisotopic (exact) mass is 226 g/mol. The third kappa shape index (κ3) is 3.96. The molecule has 0 spiro atoms. The standard InChI is InChI=1S/C12H22N2O2/c1-10(2)16-7-5-14(3)12(8-13)11-4-6-15-9-11/h4,6,9-10,12H,5,7-8,13H2,1-3H3. The Morgan fingerprint density at radius 2 is 2.25 bits per heavy atom. The second kappa shape index (κ2) is 6.68. The summed E-state index contributed by atoms with van der Waals surface area (Å²) in [7, 11) is 2.05. The van der Waals surface area contributed by atoms with Crippen LogP contribution in [0.5, 0.6) is 0 Å². The van der Waals surface area contributed by atoms with Gasteiger partial charge in [-0.25, -0.2) is 0 Å². The molecule has 0 fully saturated rings. The number of hydrogen-bond donors (Lipinski definition) is 1. The van der Waals surface area contributed by atoms with Crippen LogP contribution in [0.25, 0.3) is 0 Å². The summed E-state index contributed by atoms with van der Waals surface area (Å²) in [6.45, 7) is 6.25. The van der Waals surface area contributed by atoms with Gasteiger partial charge in [0.05, 0.1) is 25.2 Å². The van der Waals surface area contributed by atoms with Gasteiger partial charge in [0.25, 0.3) is 0 Å².